The normalized spacial score (nSPS) is 12.6. The number of hydrogen-bond donors (Lipinski definition) is 2. The van der Waals surface area contributed by atoms with E-state index in [9.17, 15) is 13.2 Å². The number of carbonyl (C=O) groups excluding carboxylic acids is 1. The summed E-state index contributed by atoms with van der Waals surface area (Å²) >= 11 is 4.82. The number of benzene rings is 1. The first-order valence-corrected chi connectivity index (χ1v) is 11.5. The van der Waals surface area contributed by atoms with Crippen molar-refractivity contribution in [3.8, 4) is 0 Å². The maximum atomic E-state index is 12.6. The molecule has 140 valence electrons. The summed E-state index contributed by atoms with van der Waals surface area (Å²) in [7, 11) is -3.81. The minimum atomic E-state index is -3.81. The van der Waals surface area contributed by atoms with Gasteiger partial charge in [-0.1, -0.05) is 15.9 Å². The molecular weight excluding hydrogens is 438 g/mol. The molecule has 0 aliphatic heterocycles. The first-order chi connectivity index (χ1) is 12.3. The van der Waals surface area contributed by atoms with Crippen LogP contribution >= 0.6 is 27.7 Å². The molecule has 0 radical (unpaired) electrons. The number of aryl methyl sites for hydroxylation is 1. The quantitative estimate of drug-likeness (QED) is 0.635. The fraction of sp³-hybridized carbons (Fsp3) is 0.294. The number of pyridine rings is 1. The molecule has 0 saturated heterocycles. The molecule has 0 spiro atoms. The molecule has 2 N–H and O–H groups in total. The van der Waals surface area contributed by atoms with Gasteiger partial charge in [0.1, 0.15) is 11.9 Å². The van der Waals surface area contributed by atoms with E-state index in [-0.39, 0.29) is 4.90 Å². The summed E-state index contributed by atoms with van der Waals surface area (Å²) in [5, 5.41) is 2.68. The number of carbonyl (C=O) groups is 1. The van der Waals surface area contributed by atoms with Crippen LogP contribution in [0.3, 0.4) is 0 Å². The largest absolute Gasteiger partial charge is 0.309 e. The van der Waals surface area contributed by atoms with Crippen molar-refractivity contribution in [3.05, 3.63) is 52.6 Å². The molecule has 1 aromatic carbocycles. The lowest BCUT2D eigenvalue weighted by atomic mass is 10.2. The number of nitrogens with one attached hydrogen (secondary N) is 2. The van der Waals surface area contributed by atoms with Crippen molar-refractivity contribution in [2.24, 2.45) is 0 Å². The van der Waals surface area contributed by atoms with Crippen molar-refractivity contribution in [2.45, 2.75) is 24.3 Å². The van der Waals surface area contributed by atoms with Gasteiger partial charge >= 0.3 is 0 Å². The maximum Gasteiger partial charge on any atom is 0.243 e. The molecule has 0 bridgehead atoms. The van der Waals surface area contributed by atoms with Crippen LogP contribution in [0, 0.1) is 6.92 Å². The van der Waals surface area contributed by atoms with Crippen molar-refractivity contribution in [3.63, 3.8) is 0 Å². The SMILES string of the molecule is CSCC[C@H](NS(=O)(=O)c1ccc(Br)cc1)C(=O)Nc1cc(C)ccn1. The summed E-state index contributed by atoms with van der Waals surface area (Å²) in [6.45, 7) is 1.89. The molecule has 0 aliphatic carbocycles. The Morgan fingerprint density at radius 2 is 1.96 bits per heavy atom. The van der Waals surface area contributed by atoms with Crippen LogP contribution in [0.15, 0.2) is 52.0 Å². The van der Waals surface area contributed by atoms with E-state index in [4.69, 9.17) is 0 Å². The van der Waals surface area contributed by atoms with Crippen LogP contribution in [0.5, 0.6) is 0 Å². The van der Waals surface area contributed by atoms with E-state index in [2.05, 4.69) is 31.0 Å². The Bertz CT molecular complexity index is 858. The van der Waals surface area contributed by atoms with E-state index >= 15 is 0 Å². The maximum absolute atomic E-state index is 12.6. The summed E-state index contributed by atoms with van der Waals surface area (Å²) in [6.07, 6.45) is 3.86. The smallest absolute Gasteiger partial charge is 0.243 e. The van der Waals surface area contributed by atoms with Crippen LogP contribution in [-0.4, -0.2) is 37.4 Å². The summed E-state index contributed by atoms with van der Waals surface area (Å²) < 4.78 is 28.5. The van der Waals surface area contributed by atoms with Crippen molar-refractivity contribution >= 4 is 49.4 Å². The Kier molecular flexibility index (Phi) is 7.63. The van der Waals surface area contributed by atoms with Crippen LogP contribution in [-0.2, 0) is 14.8 Å². The minimum absolute atomic E-state index is 0.108. The Morgan fingerprint density at radius 1 is 1.27 bits per heavy atom. The first-order valence-electron chi connectivity index (χ1n) is 7.82. The summed E-state index contributed by atoms with van der Waals surface area (Å²) in [4.78, 5) is 16.8. The molecule has 0 aliphatic rings. The zero-order chi connectivity index (χ0) is 19.2. The van der Waals surface area contributed by atoms with Crippen molar-refractivity contribution in [1.82, 2.24) is 9.71 Å². The molecule has 6 nitrogen and oxygen atoms in total. The molecule has 2 rings (SSSR count). The molecule has 1 aromatic heterocycles. The fourth-order valence-corrected chi connectivity index (χ4v) is 4.13. The number of halogens is 1. The van der Waals surface area contributed by atoms with Gasteiger partial charge in [0.15, 0.2) is 0 Å². The van der Waals surface area contributed by atoms with Crippen molar-refractivity contribution in [1.29, 1.82) is 0 Å². The molecule has 0 fully saturated rings. The third-order valence-electron chi connectivity index (χ3n) is 3.52. The van der Waals surface area contributed by atoms with Crippen LogP contribution in [0.2, 0.25) is 0 Å². The van der Waals surface area contributed by atoms with E-state index < -0.39 is 22.0 Å². The van der Waals surface area contributed by atoms with Crippen molar-refractivity contribution < 1.29 is 13.2 Å². The molecule has 1 atom stereocenters. The summed E-state index contributed by atoms with van der Waals surface area (Å²) in [5.41, 5.74) is 0.950. The third-order valence-corrected chi connectivity index (χ3v) is 6.18. The highest BCUT2D eigenvalue weighted by Crippen LogP contribution is 2.16. The van der Waals surface area contributed by atoms with E-state index in [1.807, 2.05) is 19.2 Å². The predicted octanol–water partition coefficient (Wildman–Crippen LogP) is 3.19. The van der Waals surface area contributed by atoms with E-state index in [0.717, 1.165) is 10.0 Å². The van der Waals surface area contributed by atoms with Crippen LogP contribution in [0.4, 0.5) is 5.82 Å². The number of aromatic nitrogens is 1. The molecule has 9 heteroatoms. The second-order valence-electron chi connectivity index (χ2n) is 5.62. The molecule has 26 heavy (non-hydrogen) atoms. The molecule has 2 aromatic rings. The molecule has 1 amide bonds. The van der Waals surface area contributed by atoms with Gasteiger partial charge in [-0.05, 0) is 67.3 Å². The van der Waals surface area contributed by atoms with Gasteiger partial charge in [0.2, 0.25) is 15.9 Å². The number of rotatable bonds is 8. The monoisotopic (exact) mass is 457 g/mol. The number of hydrogen-bond acceptors (Lipinski definition) is 5. The second-order valence-corrected chi connectivity index (χ2v) is 9.23. The zero-order valence-electron chi connectivity index (χ0n) is 14.4. The van der Waals surface area contributed by atoms with Crippen LogP contribution < -0.4 is 10.0 Å². The third kappa shape index (κ3) is 6.08. The van der Waals surface area contributed by atoms with Crippen LogP contribution in [0.1, 0.15) is 12.0 Å². The average molecular weight is 458 g/mol. The lowest BCUT2D eigenvalue weighted by Crippen LogP contribution is -2.44. The highest BCUT2D eigenvalue weighted by molar-refractivity contribution is 9.10. The summed E-state index contributed by atoms with van der Waals surface area (Å²) in [6, 6.07) is 8.91. The minimum Gasteiger partial charge on any atom is -0.309 e. The zero-order valence-corrected chi connectivity index (χ0v) is 17.6. The van der Waals surface area contributed by atoms with Gasteiger partial charge in [0.05, 0.1) is 4.90 Å². The summed E-state index contributed by atoms with van der Waals surface area (Å²) in [5.74, 6) is 0.604. The molecule has 0 unspecified atom stereocenters. The lowest BCUT2D eigenvalue weighted by Gasteiger charge is -2.18. The number of sulfonamides is 1. The highest BCUT2D eigenvalue weighted by Gasteiger charge is 2.25. The van der Waals surface area contributed by atoms with E-state index in [1.165, 1.54) is 12.1 Å². The van der Waals surface area contributed by atoms with Gasteiger partial charge in [0, 0.05) is 10.7 Å². The van der Waals surface area contributed by atoms with E-state index in [0.29, 0.717) is 18.0 Å². The van der Waals surface area contributed by atoms with Gasteiger partial charge in [-0.15, -0.1) is 0 Å². The van der Waals surface area contributed by atoms with Crippen LogP contribution in [0.25, 0.3) is 0 Å². The van der Waals surface area contributed by atoms with Gasteiger partial charge in [-0.25, -0.2) is 13.4 Å². The van der Waals surface area contributed by atoms with Gasteiger partial charge < -0.3 is 5.32 Å². The Balaban J connectivity index is 2.17. The molecular formula is C17H20BrN3O3S2. The van der Waals surface area contributed by atoms with Crippen molar-refractivity contribution in [2.75, 3.05) is 17.3 Å². The second kappa shape index (κ2) is 9.50. The average Bonchev–Trinajstić information content (AvgIpc) is 2.59. The van der Waals surface area contributed by atoms with Gasteiger partial charge in [-0.2, -0.15) is 16.5 Å². The highest BCUT2D eigenvalue weighted by atomic mass is 79.9. The van der Waals surface area contributed by atoms with Gasteiger partial charge in [-0.3, -0.25) is 4.79 Å². The number of nitrogens with zero attached hydrogens (tertiary/aromatic N) is 1. The number of amides is 1. The Hall–Kier alpha value is -1.42. The Morgan fingerprint density at radius 3 is 2.58 bits per heavy atom. The van der Waals surface area contributed by atoms with E-state index in [1.54, 1.807) is 36.2 Å². The Labute approximate surface area is 166 Å². The molecule has 0 saturated carbocycles. The predicted molar refractivity (Wildman–Crippen MR) is 109 cm³/mol. The number of thioether (sulfide) groups is 1. The number of anilines is 1. The topological polar surface area (TPSA) is 88.2 Å². The fourth-order valence-electron chi connectivity index (χ4n) is 2.17. The lowest BCUT2D eigenvalue weighted by molar-refractivity contribution is -0.117. The first kappa shape index (κ1) is 20.9. The standard InChI is InChI=1S/C17H20BrN3O3S2/c1-12-7-9-19-16(11-12)20-17(22)15(8-10-25-2)21-26(23,24)14-5-3-13(18)4-6-14/h3-7,9,11,15,21H,8,10H2,1-2H3,(H,19,20,22)/t15-/m0/s1. The molecule has 1 heterocycles. The van der Waals surface area contributed by atoms with Gasteiger partial charge in [0.25, 0.3) is 0 Å².